The predicted octanol–water partition coefficient (Wildman–Crippen LogP) is 3.11. The van der Waals surface area contributed by atoms with Gasteiger partial charge in [0, 0.05) is 11.5 Å². The number of nitrogens with zero attached hydrogens (tertiary/aromatic N) is 1. The number of aromatic nitrogens is 1. The average Bonchev–Trinajstić information content (AvgIpc) is 2.27. The first-order valence-corrected chi connectivity index (χ1v) is 5.16. The zero-order valence-corrected chi connectivity index (χ0v) is 9.67. The second-order valence-electron chi connectivity index (χ2n) is 3.66. The van der Waals surface area contributed by atoms with Crippen LogP contribution in [-0.2, 0) is 6.18 Å². The quantitative estimate of drug-likeness (QED) is 0.648. The molecule has 1 heterocycles. The summed E-state index contributed by atoms with van der Waals surface area (Å²) in [6, 6.07) is 2.01. The molecule has 0 amide bonds. The summed E-state index contributed by atoms with van der Waals surface area (Å²) in [4.78, 5) is 23.1. The van der Waals surface area contributed by atoms with E-state index in [4.69, 9.17) is 11.6 Å². The number of fused-ring (bicyclic) bond motifs is 1. The zero-order valence-electron chi connectivity index (χ0n) is 8.92. The van der Waals surface area contributed by atoms with Gasteiger partial charge in [-0.3, -0.25) is 14.9 Å². The Kier molecular flexibility index (Phi) is 2.97. The van der Waals surface area contributed by atoms with Crippen LogP contribution in [0.3, 0.4) is 0 Å². The Morgan fingerprint density at radius 3 is 2.42 bits per heavy atom. The molecule has 1 aromatic heterocycles. The topological polar surface area (TPSA) is 76.0 Å². The van der Waals surface area contributed by atoms with Crippen LogP contribution in [0.5, 0.6) is 0 Å². The molecule has 0 unspecified atom stereocenters. The third-order valence-corrected chi connectivity index (χ3v) is 2.69. The summed E-state index contributed by atoms with van der Waals surface area (Å²) in [6.45, 7) is 0. The first kappa shape index (κ1) is 13.3. The average molecular weight is 293 g/mol. The predicted molar refractivity (Wildman–Crippen MR) is 61.2 cm³/mol. The number of nitro groups is 1. The van der Waals surface area contributed by atoms with Crippen LogP contribution in [0, 0.1) is 10.1 Å². The molecule has 0 aliphatic rings. The molecular formula is C10H4ClF3N2O3. The van der Waals surface area contributed by atoms with E-state index in [-0.39, 0.29) is 15.9 Å². The summed E-state index contributed by atoms with van der Waals surface area (Å²) in [5.74, 6) is 0. The molecule has 0 saturated heterocycles. The maximum atomic E-state index is 12.6. The van der Waals surface area contributed by atoms with Crippen LogP contribution in [0.25, 0.3) is 10.9 Å². The van der Waals surface area contributed by atoms with Gasteiger partial charge in [0.2, 0.25) is 0 Å². The third-order valence-electron chi connectivity index (χ3n) is 2.41. The monoisotopic (exact) mass is 292 g/mol. The van der Waals surface area contributed by atoms with Crippen molar-refractivity contribution in [2.75, 3.05) is 0 Å². The lowest BCUT2D eigenvalue weighted by atomic mass is 10.1. The molecule has 2 aromatic rings. The highest BCUT2D eigenvalue weighted by Crippen LogP contribution is 2.35. The second kappa shape index (κ2) is 4.23. The fourth-order valence-electron chi connectivity index (χ4n) is 1.58. The van der Waals surface area contributed by atoms with E-state index < -0.39 is 27.9 Å². The van der Waals surface area contributed by atoms with E-state index in [0.29, 0.717) is 12.1 Å². The smallest absolute Gasteiger partial charge is 0.315 e. The number of hydrogen-bond donors (Lipinski definition) is 1. The SMILES string of the molecule is O=c1[nH]c2c([N+](=O)[O-])cc(C(F)(F)F)cc2cc1Cl. The number of pyridine rings is 1. The van der Waals surface area contributed by atoms with Crippen molar-refractivity contribution < 1.29 is 18.1 Å². The molecule has 0 fully saturated rings. The van der Waals surface area contributed by atoms with Crippen molar-refractivity contribution in [3.63, 3.8) is 0 Å². The van der Waals surface area contributed by atoms with Gasteiger partial charge < -0.3 is 4.98 Å². The van der Waals surface area contributed by atoms with Crippen LogP contribution in [0.2, 0.25) is 5.02 Å². The van der Waals surface area contributed by atoms with Crippen molar-refractivity contribution in [2.45, 2.75) is 6.18 Å². The minimum atomic E-state index is -4.73. The van der Waals surface area contributed by atoms with Gasteiger partial charge in [0.05, 0.1) is 10.5 Å². The molecule has 0 aliphatic heterocycles. The van der Waals surface area contributed by atoms with E-state index in [9.17, 15) is 28.1 Å². The fourth-order valence-corrected chi connectivity index (χ4v) is 1.75. The number of H-pyrrole nitrogens is 1. The van der Waals surface area contributed by atoms with E-state index in [1.807, 2.05) is 0 Å². The van der Waals surface area contributed by atoms with Gasteiger partial charge in [-0.2, -0.15) is 13.2 Å². The van der Waals surface area contributed by atoms with Gasteiger partial charge in [-0.15, -0.1) is 0 Å². The number of benzene rings is 1. The molecule has 0 radical (unpaired) electrons. The Hall–Kier alpha value is -2.09. The molecule has 0 bridgehead atoms. The largest absolute Gasteiger partial charge is 0.416 e. The van der Waals surface area contributed by atoms with Crippen LogP contribution in [0.1, 0.15) is 5.56 Å². The molecule has 0 saturated carbocycles. The number of non-ortho nitro benzene ring substituents is 1. The van der Waals surface area contributed by atoms with E-state index in [1.54, 1.807) is 0 Å². The molecule has 0 spiro atoms. The van der Waals surface area contributed by atoms with Crippen LogP contribution in [0.4, 0.5) is 18.9 Å². The molecule has 100 valence electrons. The van der Waals surface area contributed by atoms with Gasteiger partial charge >= 0.3 is 6.18 Å². The fraction of sp³-hybridized carbons (Fsp3) is 0.100. The molecule has 0 aliphatic carbocycles. The van der Waals surface area contributed by atoms with Crippen molar-refractivity contribution in [3.05, 3.63) is 49.3 Å². The minimum absolute atomic E-state index is 0.161. The number of halogens is 4. The second-order valence-corrected chi connectivity index (χ2v) is 4.07. The highest BCUT2D eigenvalue weighted by molar-refractivity contribution is 6.31. The van der Waals surface area contributed by atoms with Gasteiger partial charge in [0.25, 0.3) is 11.2 Å². The van der Waals surface area contributed by atoms with E-state index in [1.165, 1.54) is 0 Å². The number of hydrogen-bond acceptors (Lipinski definition) is 3. The number of alkyl halides is 3. The van der Waals surface area contributed by atoms with Crippen molar-refractivity contribution >= 4 is 28.2 Å². The number of nitro benzene ring substituents is 1. The van der Waals surface area contributed by atoms with Crippen LogP contribution in [0.15, 0.2) is 23.0 Å². The van der Waals surface area contributed by atoms with Crippen molar-refractivity contribution in [3.8, 4) is 0 Å². The molecule has 19 heavy (non-hydrogen) atoms. The summed E-state index contributed by atoms with van der Waals surface area (Å²) in [6.07, 6.45) is -4.73. The molecule has 9 heteroatoms. The highest BCUT2D eigenvalue weighted by Gasteiger charge is 2.33. The summed E-state index contributed by atoms with van der Waals surface area (Å²) in [7, 11) is 0. The van der Waals surface area contributed by atoms with Crippen molar-refractivity contribution in [1.29, 1.82) is 0 Å². The maximum Gasteiger partial charge on any atom is 0.416 e. The third kappa shape index (κ3) is 2.39. The highest BCUT2D eigenvalue weighted by atomic mass is 35.5. The number of rotatable bonds is 1. The van der Waals surface area contributed by atoms with Crippen molar-refractivity contribution in [2.24, 2.45) is 0 Å². The standard InChI is InChI=1S/C10H4ClF3N2O3/c11-6-2-4-1-5(10(12,13)14)3-7(16(18)19)8(4)15-9(6)17/h1-3H,(H,15,17). The Bertz CT molecular complexity index is 739. The van der Waals surface area contributed by atoms with Crippen LogP contribution in [-0.4, -0.2) is 9.91 Å². The van der Waals surface area contributed by atoms with E-state index in [2.05, 4.69) is 4.98 Å². The first-order chi connectivity index (χ1) is 8.70. The molecule has 0 atom stereocenters. The summed E-state index contributed by atoms with van der Waals surface area (Å²) < 4.78 is 37.8. The molecule has 5 nitrogen and oxygen atoms in total. The summed E-state index contributed by atoms with van der Waals surface area (Å²) in [5.41, 5.74) is -3.13. The Labute approximate surface area is 107 Å². The van der Waals surface area contributed by atoms with Crippen LogP contribution < -0.4 is 5.56 Å². The lowest BCUT2D eigenvalue weighted by Crippen LogP contribution is -2.10. The number of aromatic amines is 1. The molecule has 1 aromatic carbocycles. The van der Waals surface area contributed by atoms with Gasteiger partial charge in [0.15, 0.2) is 0 Å². The first-order valence-electron chi connectivity index (χ1n) is 4.78. The van der Waals surface area contributed by atoms with Gasteiger partial charge in [0.1, 0.15) is 10.5 Å². The van der Waals surface area contributed by atoms with Gasteiger partial charge in [-0.05, 0) is 12.1 Å². The van der Waals surface area contributed by atoms with Crippen LogP contribution >= 0.6 is 11.6 Å². The van der Waals surface area contributed by atoms with Crippen molar-refractivity contribution in [1.82, 2.24) is 4.98 Å². The zero-order chi connectivity index (χ0) is 14.4. The lowest BCUT2D eigenvalue weighted by Gasteiger charge is -2.08. The molecule has 2 rings (SSSR count). The normalized spacial score (nSPS) is 11.8. The van der Waals surface area contributed by atoms with Gasteiger partial charge in [-0.1, -0.05) is 11.6 Å². The summed E-state index contributed by atoms with van der Waals surface area (Å²) in [5, 5.41) is 10.3. The van der Waals surface area contributed by atoms with Gasteiger partial charge in [-0.25, -0.2) is 0 Å². The van der Waals surface area contributed by atoms with E-state index in [0.717, 1.165) is 6.07 Å². The minimum Gasteiger partial charge on any atom is -0.315 e. The number of nitrogens with one attached hydrogen (secondary N) is 1. The lowest BCUT2D eigenvalue weighted by molar-refractivity contribution is -0.383. The Morgan fingerprint density at radius 1 is 1.26 bits per heavy atom. The maximum absolute atomic E-state index is 12.6. The molecular weight excluding hydrogens is 289 g/mol. The Morgan fingerprint density at radius 2 is 1.89 bits per heavy atom. The van der Waals surface area contributed by atoms with E-state index >= 15 is 0 Å². The molecule has 1 N–H and O–H groups in total. The summed E-state index contributed by atoms with van der Waals surface area (Å²) >= 11 is 5.49. The Balaban J connectivity index is 2.92.